The highest BCUT2D eigenvalue weighted by Crippen LogP contribution is 2.21. The Morgan fingerprint density at radius 3 is 2.78 bits per heavy atom. The first kappa shape index (κ1) is 12.9. The third-order valence-electron chi connectivity index (χ3n) is 3.51. The van der Waals surface area contributed by atoms with Crippen LogP contribution in [0.3, 0.4) is 0 Å². The van der Waals surface area contributed by atoms with E-state index in [1.165, 1.54) is 25.9 Å². The Hall–Kier alpha value is -1.53. The van der Waals surface area contributed by atoms with Crippen LogP contribution in [-0.4, -0.2) is 30.6 Å². The van der Waals surface area contributed by atoms with Gasteiger partial charge in [-0.25, -0.2) is 0 Å². The van der Waals surface area contributed by atoms with Crippen molar-refractivity contribution < 1.29 is 0 Å². The second-order valence-electron chi connectivity index (χ2n) is 5.16. The molecule has 1 saturated heterocycles. The highest BCUT2D eigenvalue weighted by molar-refractivity contribution is 5.62. The summed E-state index contributed by atoms with van der Waals surface area (Å²) >= 11 is 0. The Balaban J connectivity index is 2.02. The van der Waals surface area contributed by atoms with E-state index in [1.807, 2.05) is 25.1 Å². The summed E-state index contributed by atoms with van der Waals surface area (Å²) in [5, 5.41) is 12.6. The maximum Gasteiger partial charge on any atom is 0.101 e. The number of anilines is 1. The first-order valence-electron chi connectivity index (χ1n) is 6.69. The van der Waals surface area contributed by atoms with Crippen LogP contribution in [0.25, 0.3) is 0 Å². The van der Waals surface area contributed by atoms with Crippen molar-refractivity contribution in [2.75, 3.05) is 25.0 Å². The molecule has 1 N–H and O–H groups in total. The van der Waals surface area contributed by atoms with Crippen molar-refractivity contribution in [1.82, 2.24) is 4.90 Å². The van der Waals surface area contributed by atoms with Gasteiger partial charge in [-0.3, -0.25) is 0 Å². The van der Waals surface area contributed by atoms with Crippen molar-refractivity contribution in [3.05, 3.63) is 29.3 Å². The molecule has 1 aromatic rings. The lowest BCUT2D eigenvalue weighted by Gasteiger charge is -2.23. The first-order valence-corrected chi connectivity index (χ1v) is 6.69. The summed E-state index contributed by atoms with van der Waals surface area (Å²) in [5.74, 6) is 0. The predicted octanol–water partition coefficient (Wildman–Crippen LogP) is 2.76. The molecule has 0 aliphatic carbocycles. The van der Waals surface area contributed by atoms with Gasteiger partial charge in [0.1, 0.15) is 6.07 Å². The van der Waals surface area contributed by atoms with Gasteiger partial charge in [0.25, 0.3) is 0 Å². The molecule has 1 aromatic carbocycles. The molecule has 18 heavy (non-hydrogen) atoms. The molecule has 0 radical (unpaired) electrons. The van der Waals surface area contributed by atoms with E-state index in [0.29, 0.717) is 6.04 Å². The van der Waals surface area contributed by atoms with Crippen molar-refractivity contribution in [2.45, 2.75) is 32.7 Å². The van der Waals surface area contributed by atoms with Gasteiger partial charge in [-0.15, -0.1) is 0 Å². The molecule has 1 aliphatic rings. The zero-order chi connectivity index (χ0) is 13.0. The minimum atomic E-state index is 0.372. The number of likely N-dealkylation sites (tertiary alicyclic amines) is 1. The summed E-state index contributed by atoms with van der Waals surface area (Å²) < 4.78 is 0. The second kappa shape index (κ2) is 5.88. The van der Waals surface area contributed by atoms with E-state index in [4.69, 9.17) is 5.26 Å². The molecule has 0 saturated carbocycles. The summed E-state index contributed by atoms with van der Waals surface area (Å²) in [7, 11) is 0. The lowest BCUT2D eigenvalue weighted by atomic mass is 10.1. The Bertz CT molecular complexity index is 442. The van der Waals surface area contributed by atoms with Crippen LogP contribution in [0.1, 0.15) is 30.9 Å². The van der Waals surface area contributed by atoms with Crippen molar-refractivity contribution in [2.24, 2.45) is 0 Å². The molecule has 1 heterocycles. The van der Waals surface area contributed by atoms with E-state index in [9.17, 15) is 0 Å². The minimum absolute atomic E-state index is 0.372. The zero-order valence-corrected chi connectivity index (χ0v) is 11.2. The molecule has 1 aliphatic heterocycles. The number of para-hydroxylation sites is 1. The second-order valence-corrected chi connectivity index (χ2v) is 5.16. The third-order valence-corrected chi connectivity index (χ3v) is 3.51. The van der Waals surface area contributed by atoms with E-state index < -0.39 is 0 Å². The van der Waals surface area contributed by atoms with Crippen molar-refractivity contribution in [3.8, 4) is 6.07 Å². The highest BCUT2D eigenvalue weighted by atomic mass is 15.2. The topological polar surface area (TPSA) is 39.1 Å². The molecule has 3 heteroatoms. The van der Waals surface area contributed by atoms with Crippen LogP contribution < -0.4 is 5.32 Å². The number of hydrogen-bond acceptors (Lipinski definition) is 3. The monoisotopic (exact) mass is 243 g/mol. The molecule has 1 fully saturated rings. The zero-order valence-electron chi connectivity index (χ0n) is 11.2. The maximum absolute atomic E-state index is 9.14. The standard InChI is InChI=1S/C15H21N3/c1-12-6-5-7-14(10-16)15(12)17-13(2)11-18-8-3-4-9-18/h5-7,13,17H,3-4,8-9,11H2,1-2H3. The van der Waals surface area contributed by atoms with Crippen molar-refractivity contribution >= 4 is 5.69 Å². The number of nitriles is 1. The van der Waals surface area contributed by atoms with E-state index >= 15 is 0 Å². The largest absolute Gasteiger partial charge is 0.380 e. The quantitative estimate of drug-likeness (QED) is 0.883. The normalized spacial score (nSPS) is 17.4. The lowest BCUT2D eigenvalue weighted by molar-refractivity contribution is 0.328. The predicted molar refractivity (Wildman–Crippen MR) is 74.7 cm³/mol. The third kappa shape index (κ3) is 3.02. The molecular formula is C15H21N3. The smallest absolute Gasteiger partial charge is 0.101 e. The molecule has 0 spiro atoms. The van der Waals surface area contributed by atoms with Gasteiger partial charge < -0.3 is 10.2 Å². The fourth-order valence-corrected chi connectivity index (χ4v) is 2.60. The Kier molecular flexibility index (Phi) is 4.22. The van der Waals surface area contributed by atoms with Crippen molar-refractivity contribution in [3.63, 3.8) is 0 Å². The van der Waals surface area contributed by atoms with Gasteiger partial charge in [-0.05, 0) is 51.4 Å². The van der Waals surface area contributed by atoms with Crippen molar-refractivity contribution in [1.29, 1.82) is 5.26 Å². The molecule has 0 aromatic heterocycles. The molecule has 3 nitrogen and oxygen atoms in total. The SMILES string of the molecule is Cc1cccc(C#N)c1NC(C)CN1CCCC1. The Morgan fingerprint density at radius 1 is 1.39 bits per heavy atom. The molecular weight excluding hydrogens is 222 g/mol. The van der Waals surface area contributed by atoms with Crippen LogP contribution in [0.5, 0.6) is 0 Å². The molecule has 0 bridgehead atoms. The van der Waals surface area contributed by atoms with Gasteiger partial charge in [-0.2, -0.15) is 5.26 Å². The van der Waals surface area contributed by atoms with E-state index in [0.717, 1.165) is 23.4 Å². The summed E-state index contributed by atoms with van der Waals surface area (Å²) in [6, 6.07) is 8.49. The van der Waals surface area contributed by atoms with Gasteiger partial charge in [0.15, 0.2) is 0 Å². The number of nitrogens with one attached hydrogen (secondary N) is 1. The number of rotatable bonds is 4. The van der Waals surface area contributed by atoms with Gasteiger partial charge in [0, 0.05) is 12.6 Å². The van der Waals surface area contributed by atoms with Crippen LogP contribution in [0, 0.1) is 18.3 Å². The van der Waals surface area contributed by atoms with Crippen LogP contribution in [0.15, 0.2) is 18.2 Å². The summed E-state index contributed by atoms with van der Waals surface area (Å²) in [6.07, 6.45) is 2.64. The summed E-state index contributed by atoms with van der Waals surface area (Å²) in [4.78, 5) is 2.49. The van der Waals surface area contributed by atoms with Crippen LogP contribution in [0.2, 0.25) is 0 Å². The van der Waals surface area contributed by atoms with Crippen LogP contribution in [-0.2, 0) is 0 Å². The summed E-state index contributed by atoms with van der Waals surface area (Å²) in [5.41, 5.74) is 2.87. The molecule has 96 valence electrons. The number of hydrogen-bond donors (Lipinski definition) is 1. The molecule has 2 rings (SSSR count). The van der Waals surface area contributed by atoms with E-state index in [2.05, 4.69) is 23.2 Å². The highest BCUT2D eigenvalue weighted by Gasteiger charge is 2.15. The molecule has 1 unspecified atom stereocenters. The first-order chi connectivity index (χ1) is 8.70. The fraction of sp³-hybridized carbons (Fsp3) is 0.533. The van der Waals surface area contributed by atoms with Crippen LogP contribution in [0.4, 0.5) is 5.69 Å². The molecule has 1 atom stereocenters. The summed E-state index contributed by atoms with van der Waals surface area (Å²) in [6.45, 7) is 7.71. The lowest BCUT2D eigenvalue weighted by Crippen LogP contribution is -2.33. The van der Waals surface area contributed by atoms with Gasteiger partial charge in [-0.1, -0.05) is 12.1 Å². The Labute approximate surface area is 109 Å². The number of aryl methyl sites for hydroxylation is 1. The van der Waals surface area contributed by atoms with Gasteiger partial charge in [0.2, 0.25) is 0 Å². The number of benzene rings is 1. The van der Waals surface area contributed by atoms with Crippen LogP contribution >= 0.6 is 0 Å². The molecule has 0 amide bonds. The minimum Gasteiger partial charge on any atom is -0.380 e. The van der Waals surface area contributed by atoms with E-state index in [-0.39, 0.29) is 0 Å². The fourth-order valence-electron chi connectivity index (χ4n) is 2.60. The van der Waals surface area contributed by atoms with E-state index in [1.54, 1.807) is 0 Å². The average molecular weight is 243 g/mol. The van der Waals surface area contributed by atoms with Gasteiger partial charge in [0.05, 0.1) is 11.3 Å². The number of nitrogens with zero attached hydrogens (tertiary/aromatic N) is 2. The van der Waals surface area contributed by atoms with Gasteiger partial charge >= 0.3 is 0 Å². The maximum atomic E-state index is 9.14. The average Bonchev–Trinajstić information content (AvgIpc) is 2.84. The Morgan fingerprint density at radius 2 is 2.11 bits per heavy atom.